The van der Waals surface area contributed by atoms with Gasteiger partial charge < -0.3 is 14.5 Å². The van der Waals surface area contributed by atoms with E-state index in [9.17, 15) is 9.59 Å². The van der Waals surface area contributed by atoms with E-state index in [4.69, 9.17) is 20.8 Å². The maximum absolute atomic E-state index is 11.5. The lowest BCUT2D eigenvalue weighted by Gasteiger charge is -2.06. The maximum Gasteiger partial charge on any atom is 0.374 e. The molecule has 1 aromatic carbocycles. The van der Waals surface area contributed by atoms with Gasteiger partial charge in [0.05, 0.1) is 6.26 Å². The van der Waals surface area contributed by atoms with Crippen molar-refractivity contribution in [3.63, 3.8) is 0 Å². The Morgan fingerprint density at radius 2 is 2.00 bits per heavy atom. The van der Waals surface area contributed by atoms with Crippen LogP contribution in [0, 0.1) is 0 Å². The van der Waals surface area contributed by atoms with Crippen LogP contribution in [0.5, 0.6) is 0 Å². The van der Waals surface area contributed by atoms with Crippen molar-refractivity contribution in [1.29, 1.82) is 0 Å². The van der Waals surface area contributed by atoms with Gasteiger partial charge in [0.1, 0.15) is 0 Å². The molecule has 7 heteroatoms. The van der Waals surface area contributed by atoms with Gasteiger partial charge in [0, 0.05) is 22.2 Å². The third-order valence-corrected chi connectivity index (χ3v) is 3.83. The lowest BCUT2D eigenvalue weighted by molar-refractivity contribution is -0.124. The summed E-state index contributed by atoms with van der Waals surface area (Å²) < 4.78 is 9.68. The highest BCUT2D eigenvalue weighted by Gasteiger charge is 2.11. The van der Waals surface area contributed by atoms with E-state index in [1.54, 1.807) is 17.8 Å². The molecule has 2 aromatic rings. The predicted octanol–water partition coefficient (Wildman–Crippen LogP) is 3.00. The molecule has 0 radical (unpaired) electrons. The van der Waals surface area contributed by atoms with E-state index in [1.807, 2.05) is 24.3 Å². The highest BCUT2D eigenvalue weighted by atomic mass is 35.5. The number of amides is 1. The molecule has 116 valence electrons. The van der Waals surface area contributed by atoms with Crippen molar-refractivity contribution < 1.29 is 18.7 Å². The molecule has 0 saturated carbocycles. The fourth-order valence-corrected chi connectivity index (χ4v) is 2.43. The van der Waals surface area contributed by atoms with E-state index in [-0.39, 0.29) is 18.3 Å². The second-order valence-corrected chi connectivity index (χ2v) is 5.81. The van der Waals surface area contributed by atoms with Crippen LogP contribution < -0.4 is 5.32 Å². The molecule has 1 amide bonds. The average Bonchev–Trinajstić information content (AvgIpc) is 3.05. The number of halogens is 1. The maximum atomic E-state index is 11.5. The zero-order valence-corrected chi connectivity index (χ0v) is 13.2. The van der Waals surface area contributed by atoms with E-state index in [0.717, 1.165) is 4.90 Å². The van der Waals surface area contributed by atoms with Gasteiger partial charge in [-0.2, -0.15) is 0 Å². The number of rotatable bonds is 7. The van der Waals surface area contributed by atoms with Crippen LogP contribution in [0.3, 0.4) is 0 Å². The Balaban J connectivity index is 1.59. The first-order valence-electron chi connectivity index (χ1n) is 6.51. The van der Waals surface area contributed by atoms with Gasteiger partial charge in [-0.05, 0) is 36.4 Å². The van der Waals surface area contributed by atoms with Crippen molar-refractivity contribution in [1.82, 2.24) is 5.32 Å². The molecule has 1 heterocycles. The molecule has 1 aromatic heterocycles. The van der Waals surface area contributed by atoms with Gasteiger partial charge in [0.25, 0.3) is 5.91 Å². The fraction of sp³-hybridized carbons (Fsp3) is 0.200. The Morgan fingerprint density at radius 3 is 2.68 bits per heavy atom. The highest BCUT2D eigenvalue weighted by molar-refractivity contribution is 7.99. The molecule has 0 unspecified atom stereocenters. The molecule has 0 bridgehead atoms. The van der Waals surface area contributed by atoms with Crippen LogP contribution in [0.15, 0.2) is 52.0 Å². The number of carbonyl (C=O) groups excluding carboxylic acids is 2. The van der Waals surface area contributed by atoms with Gasteiger partial charge in [-0.25, -0.2) is 4.79 Å². The molecule has 0 saturated heterocycles. The molecule has 0 aliphatic rings. The van der Waals surface area contributed by atoms with E-state index in [1.165, 1.54) is 12.3 Å². The second kappa shape index (κ2) is 8.51. The predicted molar refractivity (Wildman–Crippen MR) is 84.2 cm³/mol. The normalized spacial score (nSPS) is 10.2. The van der Waals surface area contributed by atoms with Gasteiger partial charge in [0.2, 0.25) is 5.76 Å². The quantitative estimate of drug-likeness (QED) is 0.477. The third kappa shape index (κ3) is 5.46. The number of furan rings is 1. The standard InChI is InChI=1S/C15H14ClNO4S/c16-11-3-5-12(6-4-11)22-9-7-17-14(18)10-21-15(19)13-2-1-8-20-13/h1-6,8H,7,9-10H2,(H,17,18). The van der Waals surface area contributed by atoms with Crippen molar-refractivity contribution >= 4 is 35.2 Å². The van der Waals surface area contributed by atoms with Crippen LogP contribution in [0.1, 0.15) is 10.6 Å². The van der Waals surface area contributed by atoms with Gasteiger partial charge in [0.15, 0.2) is 6.61 Å². The largest absolute Gasteiger partial charge is 0.457 e. The number of thioether (sulfide) groups is 1. The Labute approximate surface area is 137 Å². The minimum absolute atomic E-state index is 0.0751. The molecule has 0 atom stereocenters. The summed E-state index contributed by atoms with van der Waals surface area (Å²) in [5, 5.41) is 3.36. The van der Waals surface area contributed by atoms with Crippen molar-refractivity contribution in [2.45, 2.75) is 4.90 Å². The SMILES string of the molecule is O=C(COC(=O)c1ccco1)NCCSc1ccc(Cl)cc1. The smallest absolute Gasteiger partial charge is 0.374 e. The minimum Gasteiger partial charge on any atom is -0.457 e. The summed E-state index contributed by atoms with van der Waals surface area (Å²) in [6.45, 7) is 0.148. The lowest BCUT2D eigenvalue weighted by atomic mass is 10.4. The Bertz CT molecular complexity index is 613. The summed E-state index contributed by atoms with van der Waals surface area (Å²) in [6, 6.07) is 10.5. The summed E-state index contributed by atoms with van der Waals surface area (Å²) in [5.41, 5.74) is 0. The average molecular weight is 340 g/mol. The zero-order chi connectivity index (χ0) is 15.8. The van der Waals surface area contributed by atoms with Crippen molar-refractivity contribution in [3.8, 4) is 0 Å². The zero-order valence-electron chi connectivity index (χ0n) is 11.6. The number of nitrogens with one attached hydrogen (secondary N) is 1. The fourth-order valence-electron chi connectivity index (χ4n) is 1.54. The van der Waals surface area contributed by atoms with Gasteiger partial charge in [-0.3, -0.25) is 4.79 Å². The molecule has 2 rings (SSSR count). The van der Waals surface area contributed by atoms with Crippen molar-refractivity contribution in [2.75, 3.05) is 18.9 Å². The Hall–Kier alpha value is -1.92. The molecular weight excluding hydrogens is 326 g/mol. The minimum atomic E-state index is -0.657. The summed E-state index contributed by atoms with van der Waals surface area (Å²) >= 11 is 7.39. The summed E-state index contributed by atoms with van der Waals surface area (Å²) in [7, 11) is 0. The van der Waals surface area contributed by atoms with E-state index < -0.39 is 5.97 Å². The molecule has 0 aliphatic carbocycles. The first-order chi connectivity index (χ1) is 10.6. The number of hydrogen-bond acceptors (Lipinski definition) is 5. The number of hydrogen-bond donors (Lipinski definition) is 1. The van der Waals surface area contributed by atoms with Crippen LogP contribution in [0.4, 0.5) is 0 Å². The molecule has 0 aliphatic heterocycles. The molecule has 5 nitrogen and oxygen atoms in total. The topological polar surface area (TPSA) is 68.5 Å². The number of ether oxygens (including phenoxy) is 1. The van der Waals surface area contributed by atoms with Crippen LogP contribution in [-0.4, -0.2) is 30.8 Å². The molecule has 1 N–H and O–H groups in total. The number of benzene rings is 1. The number of esters is 1. The second-order valence-electron chi connectivity index (χ2n) is 4.21. The van der Waals surface area contributed by atoms with Crippen LogP contribution >= 0.6 is 23.4 Å². The Kier molecular flexibility index (Phi) is 6.36. The first kappa shape index (κ1) is 16.5. The highest BCUT2D eigenvalue weighted by Crippen LogP contribution is 2.19. The number of carbonyl (C=O) groups is 2. The lowest BCUT2D eigenvalue weighted by Crippen LogP contribution is -2.30. The third-order valence-electron chi connectivity index (χ3n) is 2.56. The van der Waals surface area contributed by atoms with Gasteiger partial charge >= 0.3 is 5.97 Å². The summed E-state index contributed by atoms with van der Waals surface area (Å²) in [4.78, 5) is 24.0. The van der Waals surface area contributed by atoms with E-state index in [0.29, 0.717) is 17.3 Å². The van der Waals surface area contributed by atoms with Crippen molar-refractivity contribution in [2.24, 2.45) is 0 Å². The van der Waals surface area contributed by atoms with Crippen LogP contribution in [-0.2, 0) is 9.53 Å². The molecular formula is C15H14ClNO4S. The Morgan fingerprint density at radius 1 is 1.23 bits per heavy atom. The van der Waals surface area contributed by atoms with Gasteiger partial charge in [-0.15, -0.1) is 11.8 Å². The van der Waals surface area contributed by atoms with Crippen LogP contribution in [0.2, 0.25) is 5.02 Å². The van der Waals surface area contributed by atoms with Gasteiger partial charge in [-0.1, -0.05) is 11.6 Å². The molecule has 0 fully saturated rings. The monoisotopic (exact) mass is 339 g/mol. The molecule has 22 heavy (non-hydrogen) atoms. The van der Waals surface area contributed by atoms with E-state index >= 15 is 0 Å². The molecule has 0 spiro atoms. The van der Waals surface area contributed by atoms with Crippen LogP contribution in [0.25, 0.3) is 0 Å². The summed E-state index contributed by atoms with van der Waals surface area (Å²) in [6.07, 6.45) is 1.37. The van der Waals surface area contributed by atoms with Crippen molar-refractivity contribution in [3.05, 3.63) is 53.4 Å². The first-order valence-corrected chi connectivity index (χ1v) is 7.87. The summed E-state index contributed by atoms with van der Waals surface area (Å²) in [5.74, 6) is -0.224. The van der Waals surface area contributed by atoms with E-state index in [2.05, 4.69) is 5.32 Å².